The molecule has 98 valence electrons. The molecule has 0 saturated heterocycles. The van der Waals surface area contributed by atoms with Crippen LogP contribution in [0.15, 0.2) is 24.3 Å². The van der Waals surface area contributed by atoms with Gasteiger partial charge in [-0.1, -0.05) is 25.1 Å². The predicted molar refractivity (Wildman–Crippen MR) is 68.4 cm³/mol. The van der Waals surface area contributed by atoms with Gasteiger partial charge >= 0.3 is 0 Å². The minimum absolute atomic E-state index is 0.0444. The largest absolute Gasteiger partial charge is 0.492 e. The van der Waals surface area contributed by atoms with Crippen LogP contribution in [0.5, 0.6) is 5.75 Å². The first kappa shape index (κ1) is 12.9. The topological polar surface area (TPSA) is 58.6 Å². The Bertz CT molecular complexity index is 419. The number of nitrogens with one attached hydrogen (secondary N) is 1. The van der Waals surface area contributed by atoms with Crippen molar-refractivity contribution < 1.29 is 14.6 Å². The number of para-hydroxylation sites is 1. The summed E-state index contributed by atoms with van der Waals surface area (Å²) in [5, 5.41) is 12.2. The third-order valence-electron chi connectivity index (χ3n) is 3.23. The van der Waals surface area contributed by atoms with E-state index >= 15 is 0 Å². The van der Waals surface area contributed by atoms with Crippen LogP contribution in [0.2, 0.25) is 0 Å². The number of carbonyl (C=O) groups is 1. The molecule has 1 aromatic carbocycles. The lowest BCUT2D eigenvalue weighted by atomic mass is 9.96. The van der Waals surface area contributed by atoms with Crippen LogP contribution >= 0.6 is 0 Å². The van der Waals surface area contributed by atoms with E-state index in [1.165, 1.54) is 0 Å². The molecule has 4 heteroatoms. The Balaban J connectivity index is 1.90. The van der Waals surface area contributed by atoms with Gasteiger partial charge in [0.05, 0.1) is 12.0 Å². The SMILES string of the molecule is CCC(O)CNC(=O)C1COc2ccccc2C1. The molecule has 4 nitrogen and oxygen atoms in total. The van der Waals surface area contributed by atoms with Crippen molar-refractivity contribution in [2.24, 2.45) is 5.92 Å². The molecule has 0 aliphatic carbocycles. The fraction of sp³-hybridized carbons (Fsp3) is 0.500. The smallest absolute Gasteiger partial charge is 0.226 e. The molecule has 1 heterocycles. The van der Waals surface area contributed by atoms with Crippen molar-refractivity contribution in [2.45, 2.75) is 25.9 Å². The predicted octanol–water partition coefficient (Wildman–Crippen LogP) is 1.12. The zero-order chi connectivity index (χ0) is 13.0. The summed E-state index contributed by atoms with van der Waals surface area (Å²) in [6.45, 7) is 2.61. The van der Waals surface area contributed by atoms with Gasteiger partial charge in [0.1, 0.15) is 12.4 Å². The summed E-state index contributed by atoms with van der Waals surface area (Å²) in [5.74, 6) is 0.663. The molecule has 1 amide bonds. The number of hydrogen-bond acceptors (Lipinski definition) is 3. The van der Waals surface area contributed by atoms with Gasteiger partial charge in [-0.25, -0.2) is 0 Å². The van der Waals surface area contributed by atoms with Crippen LogP contribution in [0.1, 0.15) is 18.9 Å². The molecular formula is C14H19NO3. The fourth-order valence-electron chi connectivity index (χ4n) is 2.00. The van der Waals surface area contributed by atoms with Crippen molar-refractivity contribution in [3.05, 3.63) is 29.8 Å². The Labute approximate surface area is 107 Å². The Morgan fingerprint density at radius 1 is 1.56 bits per heavy atom. The van der Waals surface area contributed by atoms with Crippen molar-refractivity contribution in [3.8, 4) is 5.75 Å². The second-order valence-corrected chi connectivity index (χ2v) is 4.63. The van der Waals surface area contributed by atoms with Crippen molar-refractivity contribution in [3.63, 3.8) is 0 Å². The number of benzene rings is 1. The van der Waals surface area contributed by atoms with E-state index in [4.69, 9.17) is 4.74 Å². The lowest BCUT2D eigenvalue weighted by Crippen LogP contribution is -2.40. The highest BCUT2D eigenvalue weighted by Gasteiger charge is 2.25. The highest BCUT2D eigenvalue weighted by Crippen LogP contribution is 2.26. The van der Waals surface area contributed by atoms with Crippen LogP contribution in [-0.2, 0) is 11.2 Å². The third kappa shape index (κ3) is 3.01. The van der Waals surface area contributed by atoms with Gasteiger partial charge in [-0.2, -0.15) is 0 Å². The van der Waals surface area contributed by atoms with E-state index in [9.17, 15) is 9.90 Å². The van der Waals surface area contributed by atoms with Crippen LogP contribution in [0.4, 0.5) is 0 Å². The van der Waals surface area contributed by atoms with Crippen molar-refractivity contribution in [1.29, 1.82) is 0 Å². The molecule has 18 heavy (non-hydrogen) atoms. The summed E-state index contributed by atoms with van der Waals surface area (Å²) in [4.78, 5) is 11.9. The van der Waals surface area contributed by atoms with Gasteiger partial charge in [0.25, 0.3) is 0 Å². The summed E-state index contributed by atoms with van der Waals surface area (Å²) in [5.41, 5.74) is 1.07. The molecule has 0 radical (unpaired) electrons. The summed E-state index contributed by atoms with van der Waals surface area (Å²) in [6, 6.07) is 7.78. The zero-order valence-corrected chi connectivity index (χ0v) is 10.6. The first-order valence-electron chi connectivity index (χ1n) is 6.37. The molecule has 1 aliphatic rings. The van der Waals surface area contributed by atoms with Crippen LogP contribution < -0.4 is 10.1 Å². The lowest BCUT2D eigenvalue weighted by molar-refractivity contribution is -0.126. The molecule has 0 bridgehead atoms. The minimum Gasteiger partial charge on any atom is -0.492 e. The van der Waals surface area contributed by atoms with Gasteiger partial charge in [0.2, 0.25) is 5.91 Å². The van der Waals surface area contributed by atoms with Crippen LogP contribution in [0, 0.1) is 5.92 Å². The number of ether oxygens (including phenoxy) is 1. The second kappa shape index (κ2) is 5.87. The van der Waals surface area contributed by atoms with E-state index in [1.54, 1.807) is 0 Å². The van der Waals surface area contributed by atoms with E-state index in [2.05, 4.69) is 5.32 Å². The first-order chi connectivity index (χ1) is 8.70. The summed E-state index contributed by atoms with van der Waals surface area (Å²) in [7, 11) is 0. The Kier molecular flexibility index (Phi) is 4.20. The summed E-state index contributed by atoms with van der Waals surface area (Å²) >= 11 is 0. The van der Waals surface area contributed by atoms with Gasteiger partial charge in [-0.05, 0) is 24.5 Å². The van der Waals surface area contributed by atoms with Gasteiger partial charge < -0.3 is 15.2 Å². The number of amides is 1. The maximum absolute atomic E-state index is 11.9. The van der Waals surface area contributed by atoms with Crippen LogP contribution in [0.25, 0.3) is 0 Å². The zero-order valence-electron chi connectivity index (χ0n) is 10.6. The standard InChI is InChI=1S/C14H19NO3/c1-2-12(16)8-15-14(17)11-7-10-5-3-4-6-13(10)18-9-11/h3-6,11-12,16H,2,7-9H2,1H3,(H,15,17). The van der Waals surface area contributed by atoms with Gasteiger partial charge in [0.15, 0.2) is 0 Å². The van der Waals surface area contributed by atoms with E-state index in [0.717, 1.165) is 11.3 Å². The van der Waals surface area contributed by atoms with E-state index < -0.39 is 6.10 Å². The molecule has 0 fully saturated rings. The Morgan fingerprint density at radius 3 is 3.11 bits per heavy atom. The highest BCUT2D eigenvalue weighted by atomic mass is 16.5. The number of rotatable bonds is 4. The molecule has 0 saturated carbocycles. The molecule has 0 spiro atoms. The quantitative estimate of drug-likeness (QED) is 0.841. The molecule has 2 atom stereocenters. The Morgan fingerprint density at radius 2 is 2.33 bits per heavy atom. The average molecular weight is 249 g/mol. The molecule has 2 unspecified atom stereocenters. The summed E-state index contributed by atoms with van der Waals surface area (Å²) < 4.78 is 5.57. The van der Waals surface area contributed by atoms with Gasteiger partial charge in [-0.15, -0.1) is 0 Å². The lowest BCUT2D eigenvalue weighted by Gasteiger charge is -2.24. The minimum atomic E-state index is -0.467. The number of hydrogen-bond donors (Lipinski definition) is 2. The molecule has 2 N–H and O–H groups in total. The molecular weight excluding hydrogens is 230 g/mol. The number of fused-ring (bicyclic) bond motifs is 1. The van der Waals surface area contributed by atoms with E-state index in [-0.39, 0.29) is 11.8 Å². The van der Waals surface area contributed by atoms with Crippen LogP contribution in [0.3, 0.4) is 0 Å². The van der Waals surface area contributed by atoms with Crippen molar-refractivity contribution >= 4 is 5.91 Å². The number of aliphatic hydroxyl groups is 1. The molecule has 2 rings (SSSR count). The highest BCUT2D eigenvalue weighted by molar-refractivity contribution is 5.79. The number of carbonyl (C=O) groups excluding carboxylic acids is 1. The molecule has 1 aliphatic heterocycles. The second-order valence-electron chi connectivity index (χ2n) is 4.63. The average Bonchev–Trinajstić information content (AvgIpc) is 2.43. The number of aliphatic hydroxyl groups excluding tert-OH is 1. The maximum atomic E-state index is 11.9. The third-order valence-corrected chi connectivity index (χ3v) is 3.23. The monoisotopic (exact) mass is 249 g/mol. The summed E-state index contributed by atoms with van der Waals surface area (Å²) in [6.07, 6.45) is 0.875. The molecule has 1 aromatic rings. The maximum Gasteiger partial charge on any atom is 0.226 e. The van der Waals surface area contributed by atoms with Crippen molar-refractivity contribution in [2.75, 3.05) is 13.2 Å². The fourth-order valence-corrected chi connectivity index (χ4v) is 2.00. The van der Waals surface area contributed by atoms with E-state index in [1.807, 2.05) is 31.2 Å². The Hall–Kier alpha value is -1.55. The van der Waals surface area contributed by atoms with Gasteiger partial charge in [-0.3, -0.25) is 4.79 Å². The first-order valence-corrected chi connectivity index (χ1v) is 6.37. The van der Waals surface area contributed by atoms with E-state index in [0.29, 0.717) is 26.0 Å². The van der Waals surface area contributed by atoms with Crippen molar-refractivity contribution in [1.82, 2.24) is 5.32 Å². The van der Waals surface area contributed by atoms with Crippen LogP contribution in [-0.4, -0.2) is 30.3 Å². The molecule has 0 aromatic heterocycles. The normalized spacial score (nSPS) is 19.6. The van der Waals surface area contributed by atoms with Gasteiger partial charge in [0, 0.05) is 6.54 Å².